The van der Waals surface area contributed by atoms with Gasteiger partial charge in [0.15, 0.2) is 5.78 Å². The fourth-order valence-electron chi connectivity index (χ4n) is 3.17. The van der Waals surface area contributed by atoms with E-state index in [4.69, 9.17) is 4.74 Å². The van der Waals surface area contributed by atoms with Crippen LogP contribution in [0.3, 0.4) is 0 Å². The second-order valence-corrected chi connectivity index (χ2v) is 6.03. The minimum absolute atomic E-state index is 0.0673. The van der Waals surface area contributed by atoms with Crippen molar-refractivity contribution < 1.29 is 9.53 Å². The normalized spacial score (nSPS) is 18.6. The number of likely N-dealkylation sites (tertiary alicyclic amines) is 1. The minimum Gasteiger partial charge on any atom is -0.497 e. The molecule has 2 heterocycles. The second kappa shape index (κ2) is 7.38. The van der Waals surface area contributed by atoms with Crippen molar-refractivity contribution in [3.63, 3.8) is 0 Å². The number of methoxy groups -OCH3 is 1. The van der Waals surface area contributed by atoms with Gasteiger partial charge >= 0.3 is 0 Å². The molecule has 1 aromatic heterocycles. The zero-order valence-corrected chi connectivity index (χ0v) is 13.4. The summed E-state index contributed by atoms with van der Waals surface area (Å²) in [4.78, 5) is 19.2. The molecule has 0 amide bonds. The number of hydrogen-bond donors (Lipinski definition) is 0. The minimum atomic E-state index is 0.0673. The number of Topliss-reactive ketones (excluding diaryl/α,β-unsaturated/α-hetero) is 1. The number of carbonyl (C=O) groups excluding carboxylic acids is 1. The first kappa shape index (κ1) is 15.7. The lowest BCUT2D eigenvalue weighted by molar-refractivity contribution is 0.0811. The van der Waals surface area contributed by atoms with Crippen LogP contribution >= 0.6 is 0 Å². The predicted molar refractivity (Wildman–Crippen MR) is 89.6 cm³/mol. The van der Waals surface area contributed by atoms with Gasteiger partial charge in [0.2, 0.25) is 0 Å². The number of piperidine rings is 1. The average molecular weight is 310 g/mol. The average Bonchev–Trinajstić information content (AvgIpc) is 2.62. The summed E-state index contributed by atoms with van der Waals surface area (Å²) in [7, 11) is 1.63. The largest absolute Gasteiger partial charge is 0.497 e. The van der Waals surface area contributed by atoms with Gasteiger partial charge in [-0.15, -0.1) is 0 Å². The smallest absolute Gasteiger partial charge is 0.167 e. The Morgan fingerprint density at radius 3 is 2.91 bits per heavy atom. The van der Waals surface area contributed by atoms with Gasteiger partial charge in [-0.05, 0) is 49.2 Å². The van der Waals surface area contributed by atoms with Crippen LogP contribution in [0.15, 0.2) is 48.8 Å². The second-order valence-electron chi connectivity index (χ2n) is 6.03. The molecule has 4 nitrogen and oxygen atoms in total. The van der Waals surface area contributed by atoms with Crippen molar-refractivity contribution in [3.8, 4) is 5.75 Å². The highest BCUT2D eigenvalue weighted by Crippen LogP contribution is 2.24. The van der Waals surface area contributed by atoms with Gasteiger partial charge < -0.3 is 4.74 Å². The molecule has 0 N–H and O–H groups in total. The Kier molecular flexibility index (Phi) is 5.03. The molecule has 1 unspecified atom stereocenters. The first-order chi connectivity index (χ1) is 11.3. The standard InChI is InChI=1S/C19H22N2O2/c1-23-18-6-2-4-16(12-18)19(22)17-5-3-11-21(14-17)13-15-7-9-20-10-8-15/h2,4,6-10,12,17H,3,5,11,13-14H2,1H3. The lowest BCUT2D eigenvalue weighted by atomic mass is 9.89. The van der Waals surface area contributed by atoms with E-state index >= 15 is 0 Å². The van der Waals surface area contributed by atoms with Crippen LogP contribution < -0.4 is 4.74 Å². The summed E-state index contributed by atoms with van der Waals surface area (Å²) >= 11 is 0. The molecule has 1 fully saturated rings. The molecular weight excluding hydrogens is 288 g/mol. The molecule has 0 spiro atoms. The van der Waals surface area contributed by atoms with Crippen LogP contribution in [0.1, 0.15) is 28.8 Å². The van der Waals surface area contributed by atoms with Crippen molar-refractivity contribution in [2.24, 2.45) is 5.92 Å². The summed E-state index contributed by atoms with van der Waals surface area (Å²) in [6, 6.07) is 11.5. The van der Waals surface area contributed by atoms with Crippen molar-refractivity contribution in [2.45, 2.75) is 19.4 Å². The third-order valence-electron chi connectivity index (χ3n) is 4.39. The fraction of sp³-hybridized carbons (Fsp3) is 0.368. The van der Waals surface area contributed by atoms with E-state index in [-0.39, 0.29) is 11.7 Å². The summed E-state index contributed by atoms with van der Waals surface area (Å²) in [5, 5.41) is 0. The molecule has 1 aliphatic heterocycles. The third kappa shape index (κ3) is 3.96. The molecule has 1 atom stereocenters. The molecular formula is C19H22N2O2. The SMILES string of the molecule is COc1cccc(C(=O)C2CCCN(Cc3ccncc3)C2)c1. The first-order valence-electron chi connectivity index (χ1n) is 8.06. The molecule has 3 rings (SSSR count). The number of carbonyl (C=O) groups is 1. The van der Waals surface area contributed by atoms with Gasteiger partial charge in [-0.1, -0.05) is 12.1 Å². The van der Waals surface area contributed by atoms with Gasteiger partial charge in [0, 0.05) is 37.0 Å². The predicted octanol–water partition coefficient (Wildman–Crippen LogP) is 3.19. The van der Waals surface area contributed by atoms with E-state index in [1.54, 1.807) is 7.11 Å². The lowest BCUT2D eigenvalue weighted by Gasteiger charge is -2.32. The van der Waals surface area contributed by atoms with Crippen molar-refractivity contribution >= 4 is 5.78 Å². The van der Waals surface area contributed by atoms with Crippen molar-refractivity contribution in [3.05, 3.63) is 59.9 Å². The molecule has 1 aliphatic rings. The van der Waals surface area contributed by atoms with E-state index in [0.29, 0.717) is 0 Å². The first-order valence-corrected chi connectivity index (χ1v) is 8.06. The Balaban J connectivity index is 1.66. The van der Waals surface area contributed by atoms with Crippen molar-refractivity contribution in [2.75, 3.05) is 20.2 Å². The fourth-order valence-corrected chi connectivity index (χ4v) is 3.17. The van der Waals surface area contributed by atoms with Crippen molar-refractivity contribution in [1.29, 1.82) is 0 Å². The van der Waals surface area contributed by atoms with Gasteiger partial charge in [0.25, 0.3) is 0 Å². The van der Waals surface area contributed by atoms with Gasteiger partial charge in [0.05, 0.1) is 7.11 Å². The van der Waals surface area contributed by atoms with Crippen LogP contribution in [0, 0.1) is 5.92 Å². The quantitative estimate of drug-likeness (QED) is 0.796. The maximum atomic E-state index is 12.8. The molecule has 2 aromatic rings. The topological polar surface area (TPSA) is 42.4 Å². The molecule has 120 valence electrons. The molecule has 4 heteroatoms. The Hall–Kier alpha value is -2.20. The monoisotopic (exact) mass is 310 g/mol. The van der Waals surface area contributed by atoms with E-state index in [9.17, 15) is 4.79 Å². The highest BCUT2D eigenvalue weighted by Gasteiger charge is 2.26. The van der Waals surface area contributed by atoms with Crippen LogP contribution in [-0.4, -0.2) is 35.9 Å². The molecule has 23 heavy (non-hydrogen) atoms. The third-order valence-corrected chi connectivity index (χ3v) is 4.39. The Morgan fingerprint density at radius 1 is 1.30 bits per heavy atom. The van der Waals surface area contributed by atoms with Gasteiger partial charge in [-0.3, -0.25) is 14.7 Å². The number of aromatic nitrogens is 1. The number of nitrogens with zero attached hydrogens (tertiary/aromatic N) is 2. The maximum Gasteiger partial charge on any atom is 0.167 e. The molecule has 1 aromatic carbocycles. The summed E-state index contributed by atoms with van der Waals surface area (Å²) in [5.41, 5.74) is 1.99. The Morgan fingerprint density at radius 2 is 2.13 bits per heavy atom. The van der Waals surface area contributed by atoms with Crippen LogP contribution in [0.5, 0.6) is 5.75 Å². The van der Waals surface area contributed by atoms with Crippen LogP contribution in [0.25, 0.3) is 0 Å². The molecule has 0 bridgehead atoms. The van der Waals surface area contributed by atoms with E-state index in [1.165, 1.54) is 5.56 Å². The van der Waals surface area contributed by atoms with Gasteiger partial charge in [0.1, 0.15) is 5.75 Å². The van der Waals surface area contributed by atoms with Gasteiger partial charge in [-0.2, -0.15) is 0 Å². The van der Waals surface area contributed by atoms with E-state index in [1.807, 2.05) is 48.8 Å². The summed E-state index contributed by atoms with van der Waals surface area (Å²) in [6.45, 7) is 2.74. The molecule has 0 saturated carbocycles. The number of benzene rings is 1. The summed E-state index contributed by atoms with van der Waals surface area (Å²) in [5.74, 6) is 1.03. The number of ketones is 1. The van der Waals surface area contributed by atoms with E-state index in [2.05, 4.69) is 9.88 Å². The lowest BCUT2D eigenvalue weighted by Crippen LogP contribution is -2.38. The van der Waals surface area contributed by atoms with Crippen LogP contribution in [-0.2, 0) is 6.54 Å². The highest BCUT2D eigenvalue weighted by atomic mass is 16.5. The van der Waals surface area contributed by atoms with E-state index in [0.717, 1.165) is 43.8 Å². The number of hydrogen-bond acceptors (Lipinski definition) is 4. The number of pyridine rings is 1. The highest BCUT2D eigenvalue weighted by molar-refractivity contribution is 5.98. The summed E-state index contributed by atoms with van der Waals surface area (Å²) in [6.07, 6.45) is 5.66. The maximum absolute atomic E-state index is 12.8. The number of rotatable bonds is 5. The van der Waals surface area contributed by atoms with E-state index < -0.39 is 0 Å². The molecule has 0 aliphatic carbocycles. The zero-order valence-electron chi connectivity index (χ0n) is 13.4. The molecule has 1 saturated heterocycles. The van der Waals surface area contributed by atoms with Crippen molar-refractivity contribution in [1.82, 2.24) is 9.88 Å². The van der Waals surface area contributed by atoms with Gasteiger partial charge in [-0.25, -0.2) is 0 Å². The summed E-state index contributed by atoms with van der Waals surface area (Å²) < 4.78 is 5.22. The molecule has 0 radical (unpaired) electrons. The number of ether oxygens (including phenoxy) is 1. The Labute approximate surface area is 137 Å². The van der Waals surface area contributed by atoms with Crippen LogP contribution in [0.4, 0.5) is 0 Å². The zero-order chi connectivity index (χ0) is 16.1. The van der Waals surface area contributed by atoms with Crippen LogP contribution in [0.2, 0.25) is 0 Å². The Bertz CT molecular complexity index is 657.